The van der Waals surface area contributed by atoms with Gasteiger partial charge in [-0.2, -0.15) is 26.3 Å². The topological polar surface area (TPSA) is 75.3 Å². The third-order valence-electron chi connectivity index (χ3n) is 4.64. The van der Waals surface area contributed by atoms with Gasteiger partial charge >= 0.3 is 12.4 Å². The Labute approximate surface area is 163 Å². The van der Waals surface area contributed by atoms with E-state index in [9.17, 15) is 39.6 Å². The molecule has 1 amide bonds. The molecule has 2 rings (SSSR count). The molecule has 12 heteroatoms. The highest BCUT2D eigenvalue weighted by molar-refractivity contribution is 7.92. The van der Waals surface area contributed by atoms with Gasteiger partial charge in [0.15, 0.2) is 9.84 Å². The normalized spacial score (nSPS) is 21.0. The maximum Gasteiger partial charge on any atom is 0.416 e. The maximum atomic E-state index is 12.8. The minimum Gasteiger partial charge on any atom is -0.346 e. The van der Waals surface area contributed by atoms with Crippen LogP contribution < -0.4 is 10.6 Å². The quantitative estimate of drug-likeness (QED) is 0.659. The molecule has 5 nitrogen and oxygen atoms in total. The number of benzene rings is 1. The number of carbonyl (C=O) groups is 1. The van der Waals surface area contributed by atoms with Gasteiger partial charge in [-0.25, -0.2) is 8.42 Å². The van der Waals surface area contributed by atoms with E-state index in [0.29, 0.717) is 18.9 Å². The summed E-state index contributed by atoms with van der Waals surface area (Å²) >= 11 is 0. The van der Waals surface area contributed by atoms with Crippen LogP contribution in [-0.4, -0.2) is 44.9 Å². The van der Waals surface area contributed by atoms with Crippen molar-refractivity contribution in [2.24, 2.45) is 0 Å². The van der Waals surface area contributed by atoms with Crippen molar-refractivity contribution in [3.8, 4) is 0 Å². The first-order valence-electron chi connectivity index (χ1n) is 8.77. The Morgan fingerprint density at radius 1 is 1.03 bits per heavy atom. The average Bonchev–Trinajstić information content (AvgIpc) is 2.64. The summed E-state index contributed by atoms with van der Waals surface area (Å²) in [5, 5.41) is 3.64. The first-order chi connectivity index (χ1) is 13.3. The van der Waals surface area contributed by atoms with Crippen LogP contribution in [0, 0.1) is 0 Å². The Morgan fingerprint density at radius 3 is 2.21 bits per heavy atom. The molecule has 29 heavy (non-hydrogen) atoms. The molecule has 0 saturated heterocycles. The van der Waals surface area contributed by atoms with E-state index in [4.69, 9.17) is 0 Å². The third kappa shape index (κ3) is 6.88. The van der Waals surface area contributed by atoms with Crippen LogP contribution in [0.3, 0.4) is 0 Å². The second-order valence-corrected chi connectivity index (χ2v) is 9.05. The fourth-order valence-corrected chi connectivity index (χ4v) is 4.95. The van der Waals surface area contributed by atoms with Gasteiger partial charge < -0.3 is 10.6 Å². The van der Waals surface area contributed by atoms with Crippen LogP contribution in [0.2, 0.25) is 0 Å². The summed E-state index contributed by atoms with van der Waals surface area (Å²) in [4.78, 5) is 11.0. The van der Waals surface area contributed by atoms with Crippen LogP contribution in [0.4, 0.5) is 26.3 Å². The molecule has 0 radical (unpaired) electrons. The van der Waals surface area contributed by atoms with Gasteiger partial charge in [0.25, 0.3) is 0 Å². The summed E-state index contributed by atoms with van der Waals surface area (Å²) in [5.41, 5.74) is -1.04. The lowest BCUT2D eigenvalue weighted by Crippen LogP contribution is -2.44. The van der Waals surface area contributed by atoms with Crippen LogP contribution in [-0.2, 0) is 20.8 Å². The highest BCUT2D eigenvalue weighted by Gasteiger charge is 2.35. The molecule has 0 atom stereocenters. The van der Waals surface area contributed by atoms with Gasteiger partial charge in [-0.1, -0.05) is 6.07 Å². The number of sulfone groups is 1. The Morgan fingerprint density at radius 2 is 1.66 bits per heavy atom. The van der Waals surface area contributed by atoms with Crippen LogP contribution in [0.5, 0.6) is 0 Å². The zero-order valence-corrected chi connectivity index (χ0v) is 15.9. The molecular formula is C17H20F6N2O3S. The molecule has 0 bridgehead atoms. The van der Waals surface area contributed by atoms with Crippen molar-refractivity contribution >= 4 is 15.7 Å². The summed E-state index contributed by atoms with van der Waals surface area (Å²) in [6.07, 6.45) is -8.17. The smallest absolute Gasteiger partial charge is 0.346 e. The summed E-state index contributed by atoms with van der Waals surface area (Å²) in [6.45, 7) is -1.78. The van der Waals surface area contributed by atoms with E-state index < -0.39 is 50.4 Å². The van der Waals surface area contributed by atoms with E-state index in [0.717, 1.165) is 18.2 Å². The summed E-state index contributed by atoms with van der Waals surface area (Å²) in [7, 11) is -3.96. The predicted molar refractivity (Wildman–Crippen MR) is 91.7 cm³/mol. The van der Waals surface area contributed by atoms with E-state index in [1.54, 1.807) is 5.32 Å². The molecule has 0 spiro atoms. The predicted octanol–water partition coefficient (Wildman–Crippen LogP) is 3.06. The lowest BCUT2D eigenvalue weighted by molar-refractivity contribution is -0.138. The maximum absolute atomic E-state index is 12.8. The Bertz CT molecular complexity index is 815. The van der Waals surface area contributed by atoms with Gasteiger partial charge in [0, 0.05) is 6.04 Å². The van der Waals surface area contributed by atoms with Crippen LogP contribution in [0.15, 0.2) is 29.2 Å². The Kier molecular flexibility index (Phi) is 7.20. The number of carbonyl (C=O) groups excluding carboxylic acids is 1. The van der Waals surface area contributed by atoms with Crippen molar-refractivity contribution in [3.05, 3.63) is 29.8 Å². The fraction of sp³-hybridized carbons (Fsp3) is 0.588. The van der Waals surface area contributed by atoms with E-state index in [1.807, 2.05) is 0 Å². The summed E-state index contributed by atoms with van der Waals surface area (Å²) in [5.74, 6) is -0.832. The van der Waals surface area contributed by atoms with Crippen LogP contribution in [0.25, 0.3) is 0 Å². The van der Waals surface area contributed by atoms with E-state index in [-0.39, 0.29) is 25.4 Å². The minimum absolute atomic E-state index is 0.167. The van der Waals surface area contributed by atoms with Crippen molar-refractivity contribution in [3.63, 3.8) is 0 Å². The molecule has 0 heterocycles. The van der Waals surface area contributed by atoms with Crippen LogP contribution >= 0.6 is 0 Å². The van der Waals surface area contributed by atoms with Gasteiger partial charge in [-0.15, -0.1) is 0 Å². The van der Waals surface area contributed by atoms with E-state index in [2.05, 4.69) is 5.32 Å². The molecule has 1 fully saturated rings. The van der Waals surface area contributed by atoms with E-state index >= 15 is 0 Å². The van der Waals surface area contributed by atoms with Crippen molar-refractivity contribution in [1.82, 2.24) is 10.6 Å². The average molecular weight is 446 g/mol. The first-order valence-corrected chi connectivity index (χ1v) is 10.3. The summed E-state index contributed by atoms with van der Waals surface area (Å²) in [6, 6.07) is 3.32. The zero-order valence-electron chi connectivity index (χ0n) is 15.1. The molecule has 1 aromatic rings. The molecule has 164 valence electrons. The molecule has 1 aromatic carbocycles. The van der Waals surface area contributed by atoms with Crippen molar-refractivity contribution in [2.75, 3.05) is 13.1 Å². The Hall–Kier alpha value is -1.82. The number of amides is 1. The van der Waals surface area contributed by atoms with Crippen molar-refractivity contribution in [2.45, 2.75) is 54.2 Å². The molecule has 2 N–H and O–H groups in total. The highest BCUT2D eigenvalue weighted by Crippen LogP contribution is 2.33. The van der Waals surface area contributed by atoms with Gasteiger partial charge in [-0.3, -0.25) is 4.79 Å². The number of halogens is 6. The number of hydrogen-bond acceptors (Lipinski definition) is 4. The highest BCUT2D eigenvalue weighted by atomic mass is 32.2. The monoisotopic (exact) mass is 446 g/mol. The molecule has 1 aliphatic carbocycles. The minimum atomic E-state index is -4.65. The van der Waals surface area contributed by atoms with Gasteiger partial charge in [-0.05, 0) is 43.9 Å². The second-order valence-electron chi connectivity index (χ2n) is 6.82. The molecule has 0 aromatic heterocycles. The zero-order chi connectivity index (χ0) is 21.9. The second kappa shape index (κ2) is 8.90. The number of alkyl halides is 6. The molecule has 0 aliphatic heterocycles. The van der Waals surface area contributed by atoms with Gasteiger partial charge in [0.1, 0.15) is 6.54 Å². The SMILES string of the molecule is O=C(CN[C@H]1CC[C@H](S(=O)(=O)c2cccc(C(F)(F)F)c2)CC1)NCC(F)(F)F. The first kappa shape index (κ1) is 23.5. The Balaban J connectivity index is 1.89. The van der Waals surface area contributed by atoms with Crippen LogP contribution in [0.1, 0.15) is 31.2 Å². The van der Waals surface area contributed by atoms with Crippen molar-refractivity contribution in [1.29, 1.82) is 0 Å². The molecular weight excluding hydrogens is 426 g/mol. The lowest BCUT2D eigenvalue weighted by Gasteiger charge is -2.29. The number of hydrogen-bond donors (Lipinski definition) is 2. The number of nitrogens with one attached hydrogen (secondary N) is 2. The molecule has 1 aliphatic rings. The lowest BCUT2D eigenvalue weighted by atomic mass is 9.95. The molecule has 1 saturated carbocycles. The number of rotatable bonds is 6. The largest absolute Gasteiger partial charge is 0.416 e. The fourth-order valence-electron chi connectivity index (χ4n) is 3.12. The standard InChI is InChI=1S/C17H20F6N2O3S/c18-16(19,20)10-25-15(26)9-24-12-4-6-13(7-5-12)29(27,28)14-3-1-2-11(8-14)17(21,22)23/h1-3,8,12-13,24H,4-7,9-10H2,(H,25,26)/t12-,13-. The molecule has 0 unspecified atom stereocenters. The van der Waals surface area contributed by atoms with Gasteiger partial charge in [0.05, 0.1) is 22.3 Å². The summed E-state index contributed by atoms with van der Waals surface area (Å²) < 4.78 is 99.9. The van der Waals surface area contributed by atoms with Crippen molar-refractivity contribution < 1.29 is 39.6 Å². The van der Waals surface area contributed by atoms with E-state index in [1.165, 1.54) is 0 Å². The third-order valence-corrected chi connectivity index (χ3v) is 6.90. The van der Waals surface area contributed by atoms with Gasteiger partial charge in [0.2, 0.25) is 5.91 Å².